The first-order valence-electron chi connectivity index (χ1n) is 10.00. The first-order valence-corrected chi connectivity index (χ1v) is 10.4. The molecule has 3 aromatic heterocycles. The Morgan fingerprint density at radius 2 is 1.83 bits per heavy atom. The Balaban J connectivity index is 1.87. The molecule has 0 unspecified atom stereocenters. The number of benzene rings is 1. The minimum atomic E-state index is -0.996. The fourth-order valence-electron chi connectivity index (χ4n) is 3.31. The maximum Gasteiger partial charge on any atom is 0.285 e. The van der Waals surface area contributed by atoms with E-state index in [9.17, 15) is 19.5 Å². The summed E-state index contributed by atoms with van der Waals surface area (Å²) < 4.78 is 16.6. The monoisotopic (exact) mass is 494 g/mol. The number of amides is 2. The molecule has 4 rings (SSSR count). The van der Waals surface area contributed by atoms with Crippen LogP contribution in [0, 0.1) is 5.82 Å². The van der Waals surface area contributed by atoms with Crippen LogP contribution in [0.1, 0.15) is 26.5 Å². The van der Waals surface area contributed by atoms with Crippen LogP contribution >= 0.6 is 11.6 Å². The van der Waals surface area contributed by atoms with Crippen LogP contribution in [0.2, 0.25) is 5.02 Å². The third-order valence-electron chi connectivity index (χ3n) is 4.92. The average Bonchev–Trinajstić information content (AvgIpc) is 2.86. The summed E-state index contributed by atoms with van der Waals surface area (Å²) in [5.74, 6) is -2.83. The van der Waals surface area contributed by atoms with Crippen molar-refractivity contribution in [3.8, 4) is 5.69 Å². The lowest BCUT2D eigenvalue weighted by Crippen LogP contribution is -2.31. The number of hydrogen-bond donors (Lipinski definition) is 2. The molecule has 1 aromatic carbocycles. The van der Waals surface area contributed by atoms with Crippen molar-refractivity contribution in [2.45, 2.75) is 6.61 Å². The summed E-state index contributed by atoms with van der Waals surface area (Å²) in [7, 11) is 0. The summed E-state index contributed by atoms with van der Waals surface area (Å²) in [5, 5.41) is 9.62. The largest absolute Gasteiger partial charge is 0.391 e. The molecule has 4 aromatic rings. The Kier molecular flexibility index (Phi) is 6.62. The molecule has 0 saturated heterocycles. The highest BCUT2D eigenvalue weighted by Crippen LogP contribution is 2.30. The molecule has 3 N–H and O–H groups in total. The smallest absolute Gasteiger partial charge is 0.285 e. The summed E-state index contributed by atoms with van der Waals surface area (Å²) in [4.78, 5) is 50.5. The number of primary amides is 1. The van der Waals surface area contributed by atoms with Gasteiger partial charge in [-0.05, 0) is 36.4 Å². The number of halogens is 2. The van der Waals surface area contributed by atoms with Crippen LogP contribution in [-0.2, 0) is 6.61 Å². The number of pyridine rings is 2. The number of aliphatic hydroxyl groups excluding tert-OH is 1. The van der Waals surface area contributed by atoms with Gasteiger partial charge in [0.15, 0.2) is 11.4 Å². The fourth-order valence-corrected chi connectivity index (χ4v) is 3.42. The molecule has 0 saturated carbocycles. The Bertz CT molecular complexity index is 1490. The lowest BCUT2D eigenvalue weighted by atomic mass is 10.2. The Morgan fingerprint density at radius 3 is 2.46 bits per heavy atom. The van der Waals surface area contributed by atoms with Gasteiger partial charge in [-0.25, -0.2) is 19.3 Å². The second-order valence-electron chi connectivity index (χ2n) is 7.10. The van der Waals surface area contributed by atoms with Gasteiger partial charge < -0.3 is 10.8 Å². The Labute approximate surface area is 202 Å². The zero-order valence-electron chi connectivity index (χ0n) is 17.8. The van der Waals surface area contributed by atoms with E-state index in [2.05, 4.69) is 15.0 Å². The first-order chi connectivity index (χ1) is 16.8. The first kappa shape index (κ1) is 23.7. The van der Waals surface area contributed by atoms with Crippen molar-refractivity contribution < 1.29 is 19.1 Å². The molecular formula is C23H16ClFN6O4. The quantitative estimate of drug-likeness (QED) is 0.418. The van der Waals surface area contributed by atoms with E-state index in [4.69, 9.17) is 17.3 Å². The SMILES string of the molecule is NC(=O)c1nccnc1C(=O)N(c1ccc(Cl)cn1)c1ccc(-n2cccc(CO)c2=O)cc1F. The number of carbonyl (C=O) groups excluding carboxylic acids is 2. The molecule has 0 radical (unpaired) electrons. The van der Waals surface area contributed by atoms with Gasteiger partial charge in [0, 0.05) is 36.4 Å². The molecule has 176 valence electrons. The van der Waals surface area contributed by atoms with Gasteiger partial charge in [0.2, 0.25) is 0 Å². The number of nitrogens with zero attached hydrogens (tertiary/aromatic N) is 5. The molecule has 10 nitrogen and oxygen atoms in total. The zero-order chi connectivity index (χ0) is 25.1. The lowest BCUT2D eigenvalue weighted by Gasteiger charge is -2.23. The van der Waals surface area contributed by atoms with E-state index >= 15 is 4.39 Å². The Morgan fingerprint density at radius 1 is 1.09 bits per heavy atom. The molecule has 0 aliphatic heterocycles. The molecule has 0 aliphatic rings. The summed E-state index contributed by atoms with van der Waals surface area (Å²) in [5.41, 5.74) is 4.02. The van der Waals surface area contributed by atoms with E-state index in [0.717, 1.165) is 15.5 Å². The number of hydrogen-bond acceptors (Lipinski definition) is 7. The highest BCUT2D eigenvalue weighted by molar-refractivity contribution is 6.30. The molecule has 0 atom stereocenters. The van der Waals surface area contributed by atoms with Crippen molar-refractivity contribution in [2.75, 3.05) is 4.90 Å². The predicted molar refractivity (Wildman–Crippen MR) is 124 cm³/mol. The van der Waals surface area contributed by atoms with Crippen molar-refractivity contribution in [3.05, 3.63) is 105 Å². The molecule has 0 bridgehead atoms. The highest BCUT2D eigenvalue weighted by Gasteiger charge is 2.29. The van der Waals surface area contributed by atoms with E-state index < -0.39 is 41.2 Å². The molecule has 35 heavy (non-hydrogen) atoms. The summed E-state index contributed by atoms with van der Waals surface area (Å²) >= 11 is 5.91. The van der Waals surface area contributed by atoms with Crippen LogP contribution in [0.3, 0.4) is 0 Å². The minimum absolute atomic E-state index is 0.0217. The van der Waals surface area contributed by atoms with Crippen molar-refractivity contribution in [1.82, 2.24) is 19.5 Å². The molecule has 0 fully saturated rings. The van der Waals surface area contributed by atoms with E-state index in [1.165, 1.54) is 61.2 Å². The van der Waals surface area contributed by atoms with Gasteiger partial charge in [-0.3, -0.25) is 23.9 Å². The number of aromatic nitrogens is 4. The van der Waals surface area contributed by atoms with Gasteiger partial charge in [0.1, 0.15) is 11.6 Å². The van der Waals surface area contributed by atoms with Gasteiger partial charge in [-0.1, -0.05) is 11.6 Å². The van der Waals surface area contributed by atoms with Crippen LogP contribution in [0.5, 0.6) is 0 Å². The van der Waals surface area contributed by atoms with Gasteiger partial charge in [0.25, 0.3) is 17.4 Å². The number of carbonyl (C=O) groups is 2. The van der Waals surface area contributed by atoms with E-state index in [0.29, 0.717) is 0 Å². The average molecular weight is 495 g/mol. The molecule has 3 heterocycles. The van der Waals surface area contributed by atoms with Crippen LogP contribution in [0.25, 0.3) is 5.69 Å². The second-order valence-corrected chi connectivity index (χ2v) is 7.53. The second kappa shape index (κ2) is 9.79. The normalized spacial score (nSPS) is 10.7. The number of anilines is 2. The van der Waals surface area contributed by atoms with Crippen molar-refractivity contribution >= 4 is 34.9 Å². The van der Waals surface area contributed by atoms with Gasteiger partial charge in [-0.2, -0.15) is 0 Å². The number of aliphatic hydroxyl groups is 1. The third kappa shape index (κ3) is 4.63. The van der Waals surface area contributed by atoms with Gasteiger partial charge in [0.05, 0.1) is 23.0 Å². The maximum absolute atomic E-state index is 15.5. The van der Waals surface area contributed by atoms with Crippen molar-refractivity contribution in [1.29, 1.82) is 0 Å². The molecule has 12 heteroatoms. The molecular weight excluding hydrogens is 479 g/mol. The van der Waals surface area contributed by atoms with Crippen LogP contribution in [0.4, 0.5) is 15.9 Å². The minimum Gasteiger partial charge on any atom is -0.391 e. The lowest BCUT2D eigenvalue weighted by molar-refractivity contribution is 0.0958. The Hall–Kier alpha value is -4.48. The van der Waals surface area contributed by atoms with Crippen molar-refractivity contribution in [2.24, 2.45) is 5.73 Å². The topological polar surface area (TPSA) is 144 Å². The zero-order valence-corrected chi connectivity index (χ0v) is 18.6. The summed E-state index contributed by atoms with van der Waals surface area (Å²) in [6.45, 7) is -0.481. The standard InChI is InChI=1S/C23H16ClFN6O4/c24-14-3-6-18(29-11-14)31(23(35)20-19(21(26)33)27-7-8-28-20)17-5-4-15(10-16(17)25)30-9-1-2-13(12-32)22(30)34/h1-11,32H,12H2,(H2,26,33). The fraction of sp³-hybridized carbons (Fsp3) is 0.0435. The summed E-state index contributed by atoms with van der Waals surface area (Å²) in [6, 6.07) is 9.52. The number of nitrogens with two attached hydrogens (primary N) is 1. The van der Waals surface area contributed by atoms with E-state index in [1.807, 2.05) is 0 Å². The molecule has 2 amide bonds. The maximum atomic E-state index is 15.5. The molecule has 0 aliphatic carbocycles. The molecule has 0 spiro atoms. The van der Waals surface area contributed by atoms with E-state index in [-0.39, 0.29) is 27.8 Å². The number of rotatable bonds is 6. The van der Waals surface area contributed by atoms with Crippen LogP contribution in [-0.4, -0.2) is 36.4 Å². The van der Waals surface area contributed by atoms with Gasteiger partial charge >= 0.3 is 0 Å². The van der Waals surface area contributed by atoms with Crippen LogP contribution in [0.15, 0.2) is 72.0 Å². The predicted octanol–water partition coefficient (Wildman–Crippen LogP) is 2.38. The van der Waals surface area contributed by atoms with Crippen LogP contribution < -0.4 is 16.2 Å². The van der Waals surface area contributed by atoms with Crippen molar-refractivity contribution in [3.63, 3.8) is 0 Å². The van der Waals surface area contributed by atoms with E-state index in [1.54, 1.807) is 0 Å². The van der Waals surface area contributed by atoms with Gasteiger partial charge in [-0.15, -0.1) is 0 Å². The summed E-state index contributed by atoms with van der Waals surface area (Å²) in [6.07, 6.45) is 5.05. The highest BCUT2D eigenvalue weighted by atomic mass is 35.5. The third-order valence-corrected chi connectivity index (χ3v) is 5.15.